The Hall–Kier alpha value is -0.820. The van der Waals surface area contributed by atoms with E-state index in [1.54, 1.807) is 0 Å². The Morgan fingerprint density at radius 3 is 2.19 bits per heavy atom. The zero-order chi connectivity index (χ0) is 12.5. The molecule has 1 nitrogen and oxygen atoms in total. The number of hydrogen-bond acceptors (Lipinski definition) is 1. The van der Waals surface area contributed by atoms with Crippen molar-refractivity contribution in [2.45, 2.75) is 59.4 Å². The highest BCUT2D eigenvalue weighted by atomic mass is 14.7. The van der Waals surface area contributed by atoms with Crippen molar-refractivity contribution in [1.82, 2.24) is 0 Å². The molecular formula is C15H25N. The van der Waals surface area contributed by atoms with E-state index in [1.807, 2.05) is 0 Å². The topological polar surface area (TPSA) is 26.0 Å². The fraction of sp³-hybridized carbons (Fsp3) is 0.600. The first kappa shape index (κ1) is 13.2. The Kier molecular flexibility index (Phi) is 3.80. The molecule has 0 heterocycles. The maximum Gasteiger partial charge on any atom is 0.0138 e. The quantitative estimate of drug-likeness (QED) is 0.824. The Balaban J connectivity index is 3.17. The zero-order valence-corrected chi connectivity index (χ0v) is 11.5. The highest BCUT2D eigenvalue weighted by molar-refractivity contribution is 5.39. The Morgan fingerprint density at radius 2 is 1.75 bits per heavy atom. The van der Waals surface area contributed by atoms with Crippen LogP contribution in [0.25, 0.3) is 0 Å². The van der Waals surface area contributed by atoms with Crippen LogP contribution in [0.4, 0.5) is 0 Å². The van der Waals surface area contributed by atoms with Gasteiger partial charge in [0.25, 0.3) is 0 Å². The first-order valence-electron chi connectivity index (χ1n) is 6.09. The number of nitrogens with two attached hydrogens (primary N) is 1. The van der Waals surface area contributed by atoms with E-state index in [0.29, 0.717) is 5.92 Å². The first-order chi connectivity index (χ1) is 7.20. The van der Waals surface area contributed by atoms with Gasteiger partial charge in [0.2, 0.25) is 0 Å². The van der Waals surface area contributed by atoms with Gasteiger partial charge in [0.15, 0.2) is 0 Å². The van der Waals surface area contributed by atoms with Crippen molar-refractivity contribution in [3.63, 3.8) is 0 Å². The molecule has 1 heteroatoms. The smallest absolute Gasteiger partial charge is 0.0138 e. The lowest BCUT2D eigenvalue weighted by Gasteiger charge is -2.22. The molecule has 0 saturated carbocycles. The Labute approximate surface area is 100 Å². The summed E-state index contributed by atoms with van der Waals surface area (Å²) >= 11 is 0. The monoisotopic (exact) mass is 219 g/mol. The summed E-state index contributed by atoms with van der Waals surface area (Å²) in [6, 6.07) is 4.62. The van der Waals surface area contributed by atoms with E-state index in [-0.39, 0.29) is 5.54 Å². The average Bonchev–Trinajstić information content (AvgIpc) is 2.10. The summed E-state index contributed by atoms with van der Waals surface area (Å²) in [6.07, 6.45) is 0.945. The van der Waals surface area contributed by atoms with Crippen LogP contribution in [0.2, 0.25) is 0 Å². The lowest BCUT2D eigenvalue weighted by molar-refractivity contribution is 0.515. The number of benzene rings is 1. The van der Waals surface area contributed by atoms with E-state index in [9.17, 15) is 0 Å². The second-order valence-corrected chi connectivity index (χ2v) is 5.94. The lowest BCUT2D eigenvalue weighted by atomic mass is 9.88. The van der Waals surface area contributed by atoms with Gasteiger partial charge in [-0.1, -0.05) is 26.0 Å². The van der Waals surface area contributed by atoms with Crippen molar-refractivity contribution < 1.29 is 0 Å². The maximum atomic E-state index is 6.11. The summed E-state index contributed by atoms with van der Waals surface area (Å²) < 4.78 is 0. The van der Waals surface area contributed by atoms with Crippen LogP contribution >= 0.6 is 0 Å². The van der Waals surface area contributed by atoms with E-state index in [2.05, 4.69) is 53.7 Å². The SMILES string of the molecule is Cc1cc(C(C)C)cc(CC(C)(C)N)c1C. The molecule has 90 valence electrons. The second-order valence-electron chi connectivity index (χ2n) is 5.94. The van der Waals surface area contributed by atoms with Crippen molar-refractivity contribution in [1.29, 1.82) is 0 Å². The minimum atomic E-state index is -0.132. The van der Waals surface area contributed by atoms with Gasteiger partial charge in [0.1, 0.15) is 0 Å². The van der Waals surface area contributed by atoms with E-state index < -0.39 is 0 Å². The van der Waals surface area contributed by atoms with Gasteiger partial charge >= 0.3 is 0 Å². The fourth-order valence-corrected chi connectivity index (χ4v) is 1.97. The maximum absolute atomic E-state index is 6.11. The van der Waals surface area contributed by atoms with Crippen molar-refractivity contribution in [3.8, 4) is 0 Å². The molecule has 1 rings (SSSR count). The van der Waals surface area contributed by atoms with E-state index in [4.69, 9.17) is 5.73 Å². The van der Waals surface area contributed by atoms with Crippen LogP contribution in [0.15, 0.2) is 12.1 Å². The van der Waals surface area contributed by atoms with Crippen molar-refractivity contribution in [3.05, 3.63) is 34.4 Å². The molecule has 0 fully saturated rings. The molecule has 0 aliphatic carbocycles. The van der Waals surface area contributed by atoms with Crippen LogP contribution in [0.5, 0.6) is 0 Å². The summed E-state index contributed by atoms with van der Waals surface area (Å²) in [4.78, 5) is 0. The molecule has 0 amide bonds. The molecule has 0 aliphatic heterocycles. The molecular weight excluding hydrogens is 194 g/mol. The molecule has 0 aliphatic rings. The molecule has 0 atom stereocenters. The lowest BCUT2D eigenvalue weighted by Crippen LogP contribution is -2.34. The first-order valence-corrected chi connectivity index (χ1v) is 6.09. The Morgan fingerprint density at radius 1 is 1.19 bits per heavy atom. The van der Waals surface area contributed by atoms with Crippen molar-refractivity contribution >= 4 is 0 Å². The van der Waals surface area contributed by atoms with Gasteiger partial charge in [-0.25, -0.2) is 0 Å². The van der Waals surface area contributed by atoms with Crippen LogP contribution in [0.3, 0.4) is 0 Å². The zero-order valence-electron chi connectivity index (χ0n) is 11.5. The van der Waals surface area contributed by atoms with E-state index in [0.717, 1.165) is 6.42 Å². The molecule has 2 N–H and O–H groups in total. The van der Waals surface area contributed by atoms with Gasteiger partial charge in [-0.15, -0.1) is 0 Å². The minimum absolute atomic E-state index is 0.132. The summed E-state index contributed by atoms with van der Waals surface area (Å²) in [5.74, 6) is 0.582. The van der Waals surface area contributed by atoms with Crippen LogP contribution in [-0.2, 0) is 6.42 Å². The predicted octanol–water partition coefficient (Wildman–Crippen LogP) is 3.71. The normalized spacial score (nSPS) is 12.2. The summed E-state index contributed by atoms with van der Waals surface area (Å²) in [7, 11) is 0. The van der Waals surface area contributed by atoms with Gasteiger partial charge in [0, 0.05) is 5.54 Å². The summed E-state index contributed by atoms with van der Waals surface area (Å²) in [5.41, 5.74) is 11.6. The van der Waals surface area contributed by atoms with Gasteiger partial charge in [-0.3, -0.25) is 0 Å². The molecule has 1 aromatic rings. The second kappa shape index (κ2) is 4.58. The largest absolute Gasteiger partial charge is 0.325 e. The number of aryl methyl sites for hydroxylation is 1. The fourth-order valence-electron chi connectivity index (χ4n) is 1.97. The van der Waals surface area contributed by atoms with Crippen LogP contribution < -0.4 is 5.73 Å². The molecule has 0 saturated heterocycles. The minimum Gasteiger partial charge on any atom is -0.325 e. The summed E-state index contributed by atoms with van der Waals surface area (Å²) in [5, 5.41) is 0. The van der Waals surface area contributed by atoms with E-state index in [1.165, 1.54) is 22.3 Å². The number of rotatable bonds is 3. The van der Waals surface area contributed by atoms with Gasteiger partial charge in [-0.05, 0) is 62.3 Å². The molecule has 0 radical (unpaired) electrons. The van der Waals surface area contributed by atoms with Crippen LogP contribution in [-0.4, -0.2) is 5.54 Å². The highest BCUT2D eigenvalue weighted by Crippen LogP contribution is 2.24. The van der Waals surface area contributed by atoms with Crippen molar-refractivity contribution in [2.75, 3.05) is 0 Å². The standard InChI is InChI=1S/C15H25N/c1-10(2)13-7-11(3)12(4)14(8-13)9-15(5,6)16/h7-8,10H,9,16H2,1-6H3. The predicted molar refractivity (Wildman–Crippen MR) is 72.0 cm³/mol. The van der Waals surface area contributed by atoms with Gasteiger partial charge < -0.3 is 5.73 Å². The number of hydrogen-bond donors (Lipinski definition) is 1. The molecule has 0 spiro atoms. The van der Waals surface area contributed by atoms with Crippen LogP contribution in [0.1, 0.15) is 55.9 Å². The third-order valence-electron chi connectivity index (χ3n) is 3.11. The third-order valence-corrected chi connectivity index (χ3v) is 3.11. The average molecular weight is 219 g/mol. The molecule has 0 unspecified atom stereocenters. The van der Waals surface area contributed by atoms with E-state index >= 15 is 0 Å². The van der Waals surface area contributed by atoms with Crippen molar-refractivity contribution in [2.24, 2.45) is 5.73 Å². The molecule has 1 aromatic carbocycles. The highest BCUT2D eigenvalue weighted by Gasteiger charge is 2.15. The van der Waals surface area contributed by atoms with Gasteiger partial charge in [-0.2, -0.15) is 0 Å². The summed E-state index contributed by atoms with van der Waals surface area (Å²) in [6.45, 7) is 13.0. The molecule has 0 bridgehead atoms. The van der Waals surface area contributed by atoms with Gasteiger partial charge in [0.05, 0.1) is 0 Å². The molecule has 0 aromatic heterocycles. The third kappa shape index (κ3) is 3.34. The van der Waals surface area contributed by atoms with Crippen LogP contribution in [0, 0.1) is 13.8 Å². The Bertz CT molecular complexity index is 370. The molecule has 16 heavy (non-hydrogen) atoms.